The van der Waals surface area contributed by atoms with Crippen LogP contribution in [0.15, 0.2) is 42.7 Å². The van der Waals surface area contributed by atoms with E-state index in [1.165, 1.54) is 0 Å². The van der Waals surface area contributed by atoms with Crippen LogP contribution in [0.1, 0.15) is 48.4 Å². The Balaban J connectivity index is 1.71. The van der Waals surface area contributed by atoms with Crippen molar-refractivity contribution in [3.05, 3.63) is 59.6 Å². The average molecular weight is 436 g/mol. The zero-order valence-electron chi connectivity index (χ0n) is 19.1. The fourth-order valence-corrected chi connectivity index (χ4v) is 4.81. The van der Waals surface area contributed by atoms with Crippen LogP contribution in [0.25, 0.3) is 5.57 Å². The van der Waals surface area contributed by atoms with Crippen molar-refractivity contribution in [1.82, 2.24) is 15.2 Å². The minimum absolute atomic E-state index is 0.0238. The first-order chi connectivity index (χ1) is 15.4. The van der Waals surface area contributed by atoms with Crippen molar-refractivity contribution < 1.29 is 9.59 Å². The summed E-state index contributed by atoms with van der Waals surface area (Å²) in [5.41, 5.74) is 4.01. The van der Waals surface area contributed by atoms with Gasteiger partial charge >= 0.3 is 0 Å². The Hall–Kier alpha value is -3.06. The molecule has 1 aromatic rings. The number of nitrogens with two attached hydrogens (primary N) is 1. The zero-order valence-corrected chi connectivity index (χ0v) is 19.1. The molecule has 0 saturated carbocycles. The van der Waals surface area contributed by atoms with E-state index < -0.39 is 0 Å². The molecule has 1 aliphatic heterocycles. The van der Waals surface area contributed by atoms with Gasteiger partial charge in [0.15, 0.2) is 5.78 Å². The van der Waals surface area contributed by atoms with Gasteiger partial charge in [-0.1, -0.05) is 44.2 Å². The summed E-state index contributed by atoms with van der Waals surface area (Å²) in [4.78, 5) is 31.7. The maximum Gasteiger partial charge on any atom is 0.226 e. The lowest BCUT2D eigenvalue weighted by atomic mass is 9.85. The molecule has 2 aliphatic carbocycles. The van der Waals surface area contributed by atoms with Crippen molar-refractivity contribution in [3.63, 3.8) is 0 Å². The first-order valence-corrected chi connectivity index (χ1v) is 11.4. The molecule has 0 aromatic carbocycles. The summed E-state index contributed by atoms with van der Waals surface area (Å²) in [5, 5.41) is 4.88. The number of amides is 1. The maximum absolute atomic E-state index is 13.4. The van der Waals surface area contributed by atoms with Crippen LogP contribution in [-0.2, 0) is 11.2 Å². The van der Waals surface area contributed by atoms with Crippen molar-refractivity contribution in [2.45, 2.75) is 39.2 Å². The minimum atomic E-state index is -0.348. The molecule has 0 bridgehead atoms. The van der Waals surface area contributed by atoms with Crippen LogP contribution >= 0.6 is 0 Å². The van der Waals surface area contributed by atoms with Gasteiger partial charge in [0.25, 0.3) is 0 Å². The van der Waals surface area contributed by atoms with Crippen LogP contribution in [0, 0.1) is 11.8 Å². The number of allylic oxidation sites excluding steroid dienone is 4. The Morgan fingerprint density at radius 1 is 1.28 bits per heavy atom. The maximum atomic E-state index is 13.4. The molecule has 2 heterocycles. The SMILES string of the molecule is CC(C)CN(C)C(=O)C1CC(=O)c2c([nH]c(C3=CCNC=C3)c2N(N)C2C=CC=CC2)C1. The molecule has 7 nitrogen and oxygen atoms in total. The predicted molar refractivity (Wildman–Crippen MR) is 128 cm³/mol. The van der Waals surface area contributed by atoms with Gasteiger partial charge in [0.1, 0.15) is 0 Å². The zero-order chi connectivity index (χ0) is 22.8. The molecule has 0 fully saturated rings. The highest BCUT2D eigenvalue weighted by molar-refractivity contribution is 6.08. The summed E-state index contributed by atoms with van der Waals surface area (Å²) in [5.74, 6) is 6.68. The number of carbonyl (C=O) groups excluding carboxylic acids is 2. The molecule has 2 unspecified atom stereocenters. The van der Waals surface area contributed by atoms with Gasteiger partial charge in [0.05, 0.1) is 28.9 Å². The van der Waals surface area contributed by atoms with Crippen LogP contribution < -0.4 is 16.2 Å². The number of ketones is 1. The van der Waals surface area contributed by atoms with E-state index in [-0.39, 0.29) is 30.1 Å². The normalized spacial score (nSPS) is 21.9. The number of aromatic amines is 1. The molecular weight excluding hydrogens is 402 g/mol. The molecule has 2 atom stereocenters. The highest BCUT2D eigenvalue weighted by atomic mass is 16.2. The summed E-state index contributed by atoms with van der Waals surface area (Å²) in [7, 11) is 1.82. The third-order valence-electron chi connectivity index (χ3n) is 6.26. The molecule has 0 radical (unpaired) electrons. The second kappa shape index (κ2) is 9.20. The fraction of sp³-hybridized carbons (Fsp3) is 0.440. The van der Waals surface area contributed by atoms with Gasteiger partial charge in [-0.15, -0.1) is 0 Å². The lowest BCUT2D eigenvalue weighted by Crippen LogP contribution is -2.42. The first-order valence-electron chi connectivity index (χ1n) is 11.4. The fourth-order valence-electron chi connectivity index (χ4n) is 4.81. The number of fused-ring (bicyclic) bond motifs is 1. The lowest BCUT2D eigenvalue weighted by molar-refractivity contribution is -0.134. The monoisotopic (exact) mass is 435 g/mol. The van der Waals surface area contributed by atoms with Gasteiger partial charge in [0.2, 0.25) is 5.91 Å². The Morgan fingerprint density at radius 3 is 2.75 bits per heavy atom. The number of dihydropyridines is 1. The average Bonchev–Trinajstić information content (AvgIpc) is 3.19. The van der Waals surface area contributed by atoms with Crippen LogP contribution in [-0.4, -0.2) is 47.8 Å². The van der Waals surface area contributed by atoms with E-state index in [4.69, 9.17) is 5.84 Å². The minimum Gasteiger partial charge on any atom is -0.387 e. The standard InChI is InChI=1S/C25H33N5O2/c1-16(2)15-29(3)25(32)18-13-20-22(21(31)14-18)24(30(26)19-7-5-4-6-8-19)23(28-20)17-9-11-27-12-10-17/h4-7,9-11,16,18-19,27-28H,8,12-15,26H2,1-3H3. The molecular formula is C25H33N5O2. The number of carbonyl (C=O) groups is 2. The Morgan fingerprint density at radius 2 is 2.09 bits per heavy atom. The molecule has 4 rings (SSSR count). The molecule has 0 spiro atoms. The smallest absolute Gasteiger partial charge is 0.226 e. The van der Waals surface area contributed by atoms with E-state index in [2.05, 4.69) is 42.4 Å². The number of hydrogen-bond donors (Lipinski definition) is 3. The van der Waals surface area contributed by atoms with E-state index in [1.807, 2.05) is 31.5 Å². The highest BCUT2D eigenvalue weighted by Crippen LogP contribution is 2.40. The summed E-state index contributed by atoms with van der Waals surface area (Å²) in [6.45, 7) is 5.56. The number of nitrogens with one attached hydrogen (secondary N) is 2. The number of aromatic nitrogens is 1. The number of anilines is 1. The molecule has 32 heavy (non-hydrogen) atoms. The molecule has 170 valence electrons. The summed E-state index contributed by atoms with van der Waals surface area (Å²) in [6.07, 6.45) is 15.6. The number of hydrazine groups is 1. The molecule has 4 N–H and O–H groups in total. The highest BCUT2D eigenvalue weighted by Gasteiger charge is 2.38. The molecule has 3 aliphatic rings. The molecule has 1 aromatic heterocycles. The summed E-state index contributed by atoms with van der Waals surface area (Å²) in [6, 6.07) is -0.0331. The van der Waals surface area contributed by atoms with Crippen molar-refractivity contribution in [1.29, 1.82) is 0 Å². The van der Waals surface area contributed by atoms with E-state index in [0.29, 0.717) is 31.0 Å². The quantitative estimate of drug-likeness (QED) is 0.472. The number of hydrogen-bond acceptors (Lipinski definition) is 5. The Labute approximate surface area is 189 Å². The van der Waals surface area contributed by atoms with Crippen molar-refractivity contribution in [2.24, 2.45) is 17.7 Å². The largest absolute Gasteiger partial charge is 0.387 e. The van der Waals surface area contributed by atoms with Crippen LogP contribution in [0.3, 0.4) is 0 Å². The molecule has 0 saturated heterocycles. The van der Waals surface area contributed by atoms with E-state index in [9.17, 15) is 9.59 Å². The molecule has 7 heteroatoms. The number of rotatable bonds is 6. The van der Waals surface area contributed by atoms with Gasteiger partial charge in [0, 0.05) is 38.7 Å². The topological polar surface area (TPSA) is 94.5 Å². The third-order valence-corrected chi connectivity index (χ3v) is 6.26. The third kappa shape index (κ3) is 4.30. The van der Waals surface area contributed by atoms with Gasteiger partial charge in [-0.2, -0.15) is 0 Å². The van der Waals surface area contributed by atoms with E-state index >= 15 is 0 Å². The van der Waals surface area contributed by atoms with Crippen molar-refractivity contribution >= 4 is 23.0 Å². The van der Waals surface area contributed by atoms with Crippen LogP contribution in [0.4, 0.5) is 5.69 Å². The summed E-state index contributed by atoms with van der Waals surface area (Å²) >= 11 is 0. The van der Waals surface area contributed by atoms with Crippen molar-refractivity contribution in [2.75, 3.05) is 25.1 Å². The van der Waals surface area contributed by atoms with E-state index in [1.54, 1.807) is 9.91 Å². The predicted octanol–water partition coefficient (Wildman–Crippen LogP) is 2.94. The summed E-state index contributed by atoms with van der Waals surface area (Å²) < 4.78 is 0. The van der Waals surface area contributed by atoms with Gasteiger partial charge in [-0.3, -0.25) is 9.59 Å². The van der Waals surface area contributed by atoms with Gasteiger partial charge < -0.3 is 20.2 Å². The van der Waals surface area contributed by atoms with Crippen molar-refractivity contribution in [3.8, 4) is 0 Å². The van der Waals surface area contributed by atoms with Crippen LogP contribution in [0.5, 0.6) is 0 Å². The Kier molecular flexibility index (Phi) is 6.37. The second-order valence-corrected chi connectivity index (χ2v) is 9.27. The van der Waals surface area contributed by atoms with Crippen LogP contribution in [0.2, 0.25) is 0 Å². The van der Waals surface area contributed by atoms with E-state index in [0.717, 1.165) is 29.1 Å². The number of Topliss-reactive ketones (excluding diaryl/α,β-unsaturated/α-hetero) is 1. The van der Waals surface area contributed by atoms with Gasteiger partial charge in [-0.05, 0) is 30.2 Å². The van der Waals surface area contributed by atoms with Gasteiger partial charge in [-0.25, -0.2) is 5.84 Å². The number of H-pyrrole nitrogens is 1. The number of nitrogens with zero attached hydrogens (tertiary/aromatic N) is 2. The first kappa shape index (κ1) is 22.1. The lowest BCUT2D eigenvalue weighted by Gasteiger charge is -2.31. The molecule has 1 amide bonds. The Bertz CT molecular complexity index is 1010. The second-order valence-electron chi connectivity index (χ2n) is 9.27.